The van der Waals surface area contributed by atoms with Crippen molar-refractivity contribution in [3.63, 3.8) is 0 Å². The zero-order valence-electron chi connectivity index (χ0n) is 10.2. The van der Waals surface area contributed by atoms with Crippen LogP contribution >= 0.6 is 15.9 Å². The molecule has 96 valence electrons. The number of nitrogens with zero attached hydrogens (tertiary/aromatic N) is 5. The third-order valence-electron chi connectivity index (χ3n) is 3.41. The summed E-state index contributed by atoms with van der Waals surface area (Å²) in [4.78, 5) is 0. The van der Waals surface area contributed by atoms with Crippen LogP contribution in [0.15, 0.2) is 18.5 Å². The highest BCUT2D eigenvalue weighted by atomic mass is 79.9. The highest BCUT2D eigenvalue weighted by molar-refractivity contribution is 9.08. The highest BCUT2D eigenvalue weighted by Crippen LogP contribution is 2.28. The van der Waals surface area contributed by atoms with E-state index >= 15 is 0 Å². The van der Waals surface area contributed by atoms with Crippen molar-refractivity contribution in [2.45, 2.75) is 43.6 Å². The maximum Gasteiger partial charge on any atom is 0.0932 e. The molecule has 6 heteroatoms. The lowest BCUT2D eigenvalue weighted by Crippen LogP contribution is -2.07. The summed E-state index contributed by atoms with van der Waals surface area (Å²) in [5, 5.41) is 13.5. The first kappa shape index (κ1) is 11.9. The summed E-state index contributed by atoms with van der Waals surface area (Å²) in [5.74, 6) is 0. The van der Waals surface area contributed by atoms with Gasteiger partial charge in [0.1, 0.15) is 0 Å². The zero-order chi connectivity index (χ0) is 12.4. The summed E-state index contributed by atoms with van der Waals surface area (Å²) in [6.07, 6.45) is 9.22. The molecule has 0 N–H and O–H groups in total. The molecule has 0 aliphatic heterocycles. The molecule has 1 aliphatic rings. The summed E-state index contributed by atoms with van der Waals surface area (Å²) < 4.78 is 3.95. The van der Waals surface area contributed by atoms with Crippen molar-refractivity contribution in [2.24, 2.45) is 0 Å². The molecule has 0 atom stereocenters. The standard InChI is InChI=1S/C12H16BrN5/c13-7-11-9-17(16-14-11)8-10-5-6-18(15-10)12-3-1-2-4-12/h5-6,9,12H,1-4,7-8H2. The molecule has 0 unspecified atom stereocenters. The molecule has 0 bridgehead atoms. The van der Waals surface area contributed by atoms with E-state index < -0.39 is 0 Å². The fraction of sp³-hybridized carbons (Fsp3) is 0.583. The fourth-order valence-corrected chi connectivity index (χ4v) is 2.73. The Morgan fingerprint density at radius 2 is 2.11 bits per heavy atom. The number of aromatic nitrogens is 5. The predicted molar refractivity (Wildman–Crippen MR) is 71.5 cm³/mol. The van der Waals surface area contributed by atoms with Crippen LogP contribution in [0, 0.1) is 0 Å². The topological polar surface area (TPSA) is 48.5 Å². The Morgan fingerprint density at radius 1 is 1.28 bits per heavy atom. The quantitative estimate of drug-likeness (QED) is 0.815. The summed E-state index contributed by atoms with van der Waals surface area (Å²) in [6, 6.07) is 2.68. The molecule has 0 amide bonds. The van der Waals surface area contributed by atoms with Crippen LogP contribution in [0.1, 0.15) is 43.1 Å². The predicted octanol–water partition coefficient (Wildman–Crippen LogP) is 2.53. The minimum absolute atomic E-state index is 0.604. The maximum absolute atomic E-state index is 4.64. The first-order chi connectivity index (χ1) is 8.85. The zero-order valence-corrected chi connectivity index (χ0v) is 11.8. The second kappa shape index (κ2) is 5.22. The van der Waals surface area contributed by atoms with Gasteiger partial charge in [0.15, 0.2) is 0 Å². The van der Waals surface area contributed by atoms with Crippen molar-refractivity contribution in [3.05, 3.63) is 29.8 Å². The number of alkyl halides is 1. The van der Waals surface area contributed by atoms with Crippen molar-refractivity contribution < 1.29 is 0 Å². The van der Waals surface area contributed by atoms with Crippen molar-refractivity contribution in [3.8, 4) is 0 Å². The van der Waals surface area contributed by atoms with Crippen LogP contribution in [0.5, 0.6) is 0 Å². The molecular formula is C12H16BrN5. The molecule has 2 aromatic rings. The SMILES string of the molecule is BrCc1cn(Cc2ccn(C3CCCC3)n2)nn1. The number of halogens is 1. The van der Waals surface area contributed by atoms with Crippen LogP contribution in [0.25, 0.3) is 0 Å². The van der Waals surface area contributed by atoms with Gasteiger partial charge < -0.3 is 0 Å². The third kappa shape index (κ3) is 2.48. The van der Waals surface area contributed by atoms with Gasteiger partial charge in [-0.15, -0.1) is 5.10 Å². The van der Waals surface area contributed by atoms with E-state index in [9.17, 15) is 0 Å². The molecule has 0 radical (unpaired) electrons. The maximum atomic E-state index is 4.64. The molecule has 0 saturated heterocycles. The third-order valence-corrected chi connectivity index (χ3v) is 3.98. The summed E-state index contributed by atoms with van der Waals surface area (Å²) in [5.41, 5.74) is 2.00. The minimum Gasteiger partial charge on any atom is -0.269 e. The van der Waals surface area contributed by atoms with Crippen molar-refractivity contribution >= 4 is 15.9 Å². The Balaban J connectivity index is 1.69. The normalized spacial score (nSPS) is 16.5. The van der Waals surface area contributed by atoms with Gasteiger partial charge in [0.2, 0.25) is 0 Å². The van der Waals surface area contributed by atoms with Gasteiger partial charge in [-0.25, -0.2) is 4.68 Å². The Kier molecular flexibility index (Phi) is 3.45. The van der Waals surface area contributed by atoms with Crippen LogP contribution in [0.3, 0.4) is 0 Å². The first-order valence-electron chi connectivity index (χ1n) is 6.34. The Labute approximate surface area is 114 Å². The number of rotatable bonds is 4. The van der Waals surface area contributed by atoms with Crippen LogP contribution in [-0.4, -0.2) is 24.8 Å². The van der Waals surface area contributed by atoms with Gasteiger partial charge >= 0.3 is 0 Å². The lowest BCUT2D eigenvalue weighted by atomic mass is 10.3. The summed E-state index contributed by atoms with van der Waals surface area (Å²) >= 11 is 3.37. The largest absolute Gasteiger partial charge is 0.269 e. The summed E-state index contributed by atoms with van der Waals surface area (Å²) in [6.45, 7) is 0.694. The number of hydrogen-bond donors (Lipinski definition) is 0. The van der Waals surface area contributed by atoms with Gasteiger partial charge in [-0.2, -0.15) is 5.10 Å². The van der Waals surface area contributed by atoms with Crippen molar-refractivity contribution in [1.82, 2.24) is 24.8 Å². The van der Waals surface area contributed by atoms with Gasteiger partial charge in [0.05, 0.1) is 24.0 Å². The fourth-order valence-electron chi connectivity index (χ4n) is 2.48. The van der Waals surface area contributed by atoms with E-state index in [1.165, 1.54) is 25.7 Å². The molecule has 0 spiro atoms. The number of hydrogen-bond acceptors (Lipinski definition) is 3. The molecular weight excluding hydrogens is 294 g/mol. The average Bonchev–Trinajstić information content (AvgIpc) is 3.10. The monoisotopic (exact) mass is 309 g/mol. The summed E-state index contributed by atoms with van der Waals surface area (Å²) in [7, 11) is 0. The van der Waals surface area contributed by atoms with Gasteiger partial charge in [-0.3, -0.25) is 4.68 Å². The molecule has 1 saturated carbocycles. The van der Waals surface area contributed by atoms with Gasteiger partial charge in [-0.1, -0.05) is 34.0 Å². The average molecular weight is 310 g/mol. The highest BCUT2D eigenvalue weighted by Gasteiger charge is 2.17. The first-order valence-corrected chi connectivity index (χ1v) is 7.46. The molecule has 1 fully saturated rings. The Bertz CT molecular complexity index is 512. The van der Waals surface area contributed by atoms with E-state index in [4.69, 9.17) is 0 Å². The van der Waals surface area contributed by atoms with E-state index in [0.717, 1.165) is 16.7 Å². The Hall–Kier alpha value is -1.17. The van der Waals surface area contributed by atoms with Crippen molar-refractivity contribution in [2.75, 3.05) is 0 Å². The van der Waals surface area contributed by atoms with E-state index in [2.05, 4.69) is 48.3 Å². The molecule has 0 aromatic carbocycles. The molecule has 2 aromatic heterocycles. The smallest absolute Gasteiger partial charge is 0.0932 e. The van der Waals surface area contributed by atoms with E-state index in [1.807, 2.05) is 10.9 Å². The molecule has 18 heavy (non-hydrogen) atoms. The van der Waals surface area contributed by atoms with E-state index in [0.29, 0.717) is 12.6 Å². The van der Waals surface area contributed by atoms with Gasteiger partial charge in [0.25, 0.3) is 0 Å². The van der Waals surface area contributed by atoms with E-state index in [-0.39, 0.29) is 0 Å². The van der Waals surface area contributed by atoms with Crippen LogP contribution < -0.4 is 0 Å². The van der Waals surface area contributed by atoms with Gasteiger partial charge in [0, 0.05) is 17.7 Å². The Morgan fingerprint density at radius 3 is 2.83 bits per heavy atom. The van der Waals surface area contributed by atoms with Crippen LogP contribution in [0.4, 0.5) is 0 Å². The van der Waals surface area contributed by atoms with Crippen LogP contribution in [0.2, 0.25) is 0 Å². The minimum atomic E-state index is 0.604. The molecule has 5 nitrogen and oxygen atoms in total. The molecule has 3 rings (SSSR count). The molecule has 1 aliphatic carbocycles. The van der Waals surface area contributed by atoms with Crippen LogP contribution in [-0.2, 0) is 11.9 Å². The van der Waals surface area contributed by atoms with E-state index in [1.54, 1.807) is 0 Å². The second-order valence-electron chi connectivity index (χ2n) is 4.77. The lowest BCUT2D eigenvalue weighted by Gasteiger charge is -2.08. The molecule has 2 heterocycles. The second-order valence-corrected chi connectivity index (χ2v) is 5.33. The lowest BCUT2D eigenvalue weighted by molar-refractivity contribution is 0.460. The van der Waals surface area contributed by atoms with Gasteiger partial charge in [-0.05, 0) is 18.9 Å². The van der Waals surface area contributed by atoms with Crippen molar-refractivity contribution in [1.29, 1.82) is 0 Å².